The first-order valence-electron chi connectivity index (χ1n) is 12.5. The summed E-state index contributed by atoms with van der Waals surface area (Å²) in [6.45, 7) is 5.49. The Kier molecular flexibility index (Phi) is 12.8. The molecule has 0 radical (unpaired) electrons. The summed E-state index contributed by atoms with van der Waals surface area (Å²) in [7, 11) is 0. The molecule has 0 aliphatic rings. The molecule has 0 aliphatic heterocycles. The molecular weight excluding hydrogens is 406 g/mol. The van der Waals surface area contributed by atoms with Crippen LogP contribution in [0.15, 0.2) is 36.4 Å². The zero-order valence-corrected chi connectivity index (χ0v) is 19.9. The summed E-state index contributed by atoms with van der Waals surface area (Å²) >= 11 is 0. The Morgan fingerprint density at radius 1 is 0.562 bits per heavy atom. The summed E-state index contributed by atoms with van der Waals surface area (Å²) in [5.41, 5.74) is 0.854. The van der Waals surface area contributed by atoms with Crippen LogP contribution in [0.2, 0.25) is 0 Å². The first-order chi connectivity index (χ1) is 15.7. The van der Waals surface area contributed by atoms with E-state index in [1.54, 1.807) is 18.2 Å². The molecule has 2 rings (SSSR count). The van der Waals surface area contributed by atoms with Crippen molar-refractivity contribution < 1.29 is 18.3 Å². The maximum Gasteiger partial charge on any atom is 0.201 e. The van der Waals surface area contributed by atoms with Crippen LogP contribution in [-0.2, 0) is 0 Å². The van der Waals surface area contributed by atoms with Crippen LogP contribution in [0, 0.1) is 11.6 Å². The van der Waals surface area contributed by atoms with Gasteiger partial charge in [-0.25, -0.2) is 4.39 Å². The van der Waals surface area contributed by atoms with Gasteiger partial charge in [0, 0.05) is 5.56 Å². The highest BCUT2D eigenvalue weighted by molar-refractivity contribution is 5.66. The number of unbranched alkanes of at least 4 members (excludes halogenated alkanes) is 10. The van der Waals surface area contributed by atoms with Gasteiger partial charge in [0.1, 0.15) is 5.75 Å². The molecule has 2 nitrogen and oxygen atoms in total. The Morgan fingerprint density at radius 2 is 1.09 bits per heavy atom. The second-order valence-corrected chi connectivity index (χ2v) is 8.50. The summed E-state index contributed by atoms with van der Waals surface area (Å²) in [5.74, 6) is -1.05. The normalized spacial score (nSPS) is 11.0. The molecule has 0 N–H and O–H groups in total. The SMILES string of the molecule is CCCCCCCCOc1ccc(-c2ccc(OCCCCCCCC)c(F)c2F)cc1. The third-order valence-electron chi connectivity index (χ3n) is 5.73. The fraction of sp³-hybridized carbons (Fsp3) is 0.571. The average Bonchev–Trinajstić information content (AvgIpc) is 2.81. The molecule has 0 saturated carbocycles. The Morgan fingerprint density at radius 3 is 1.69 bits per heavy atom. The van der Waals surface area contributed by atoms with E-state index in [9.17, 15) is 8.78 Å². The average molecular weight is 447 g/mol. The highest BCUT2D eigenvalue weighted by atomic mass is 19.2. The van der Waals surface area contributed by atoms with E-state index in [-0.39, 0.29) is 11.3 Å². The van der Waals surface area contributed by atoms with Crippen LogP contribution in [0.4, 0.5) is 8.78 Å². The third kappa shape index (κ3) is 9.18. The lowest BCUT2D eigenvalue weighted by Gasteiger charge is -2.11. The molecule has 0 spiro atoms. The zero-order chi connectivity index (χ0) is 23.0. The molecule has 0 atom stereocenters. The quantitative estimate of drug-likeness (QED) is 0.226. The van der Waals surface area contributed by atoms with Gasteiger partial charge in [0.15, 0.2) is 11.6 Å². The fourth-order valence-electron chi connectivity index (χ4n) is 3.73. The molecular formula is C28H40F2O2. The minimum atomic E-state index is -0.920. The van der Waals surface area contributed by atoms with Gasteiger partial charge in [0.25, 0.3) is 0 Å². The van der Waals surface area contributed by atoms with Gasteiger partial charge < -0.3 is 9.47 Å². The van der Waals surface area contributed by atoms with Gasteiger partial charge >= 0.3 is 0 Å². The van der Waals surface area contributed by atoms with Crippen LogP contribution in [-0.4, -0.2) is 13.2 Å². The zero-order valence-electron chi connectivity index (χ0n) is 19.9. The van der Waals surface area contributed by atoms with E-state index in [0.717, 1.165) is 31.4 Å². The van der Waals surface area contributed by atoms with Crippen molar-refractivity contribution in [2.75, 3.05) is 13.2 Å². The van der Waals surface area contributed by atoms with Crippen LogP contribution >= 0.6 is 0 Å². The molecule has 0 bridgehead atoms. The predicted molar refractivity (Wildman–Crippen MR) is 130 cm³/mol. The van der Waals surface area contributed by atoms with Gasteiger partial charge in [-0.1, -0.05) is 90.2 Å². The summed E-state index contributed by atoms with van der Waals surface area (Å²) in [4.78, 5) is 0. The van der Waals surface area contributed by atoms with Gasteiger partial charge in [0.2, 0.25) is 5.82 Å². The second-order valence-electron chi connectivity index (χ2n) is 8.50. The third-order valence-corrected chi connectivity index (χ3v) is 5.73. The summed E-state index contributed by atoms with van der Waals surface area (Å²) in [6.07, 6.45) is 14.0. The molecule has 0 amide bonds. The van der Waals surface area contributed by atoms with Crippen LogP contribution < -0.4 is 9.47 Å². The Hall–Kier alpha value is -2.10. The van der Waals surface area contributed by atoms with E-state index in [1.165, 1.54) is 57.4 Å². The van der Waals surface area contributed by atoms with Crippen molar-refractivity contribution in [2.45, 2.75) is 90.9 Å². The first kappa shape index (κ1) is 26.2. The van der Waals surface area contributed by atoms with Crippen molar-refractivity contribution in [3.8, 4) is 22.6 Å². The maximum atomic E-state index is 14.7. The summed E-state index contributed by atoms with van der Waals surface area (Å²) < 4.78 is 40.4. The number of halogens is 2. The molecule has 0 heterocycles. The topological polar surface area (TPSA) is 18.5 Å². The van der Waals surface area contributed by atoms with E-state index >= 15 is 0 Å². The molecule has 0 fully saturated rings. The van der Waals surface area contributed by atoms with Gasteiger partial charge in [-0.05, 0) is 42.7 Å². The summed E-state index contributed by atoms with van der Waals surface area (Å²) in [5, 5.41) is 0. The van der Waals surface area contributed by atoms with Gasteiger partial charge in [-0.2, -0.15) is 4.39 Å². The molecule has 0 saturated heterocycles. The minimum absolute atomic E-state index is 0.0151. The number of hydrogen-bond donors (Lipinski definition) is 0. The smallest absolute Gasteiger partial charge is 0.201 e. The van der Waals surface area contributed by atoms with Crippen molar-refractivity contribution >= 4 is 0 Å². The standard InChI is InChI=1S/C28H40F2O2/c1-3-5-7-9-11-13-21-31-24-17-15-23(16-18-24)25-19-20-26(28(30)27(25)29)32-22-14-12-10-8-6-4-2/h15-20H,3-14,21-22H2,1-2H3. The van der Waals surface area contributed by atoms with Crippen molar-refractivity contribution in [1.82, 2.24) is 0 Å². The highest BCUT2D eigenvalue weighted by Gasteiger charge is 2.16. The lowest BCUT2D eigenvalue weighted by Crippen LogP contribution is -2.02. The van der Waals surface area contributed by atoms with Crippen molar-refractivity contribution in [1.29, 1.82) is 0 Å². The molecule has 2 aromatic carbocycles. The molecule has 32 heavy (non-hydrogen) atoms. The van der Waals surface area contributed by atoms with Crippen molar-refractivity contribution in [3.63, 3.8) is 0 Å². The predicted octanol–water partition coefficient (Wildman–Crippen LogP) is 9.11. The van der Waals surface area contributed by atoms with Crippen LogP contribution in [0.25, 0.3) is 11.1 Å². The van der Waals surface area contributed by atoms with Crippen LogP contribution in [0.1, 0.15) is 90.9 Å². The first-order valence-corrected chi connectivity index (χ1v) is 12.5. The molecule has 178 valence electrons. The lowest BCUT2D eigenvalue weighted by atomic mass is 10.0. The van der Waals surface area contributed by atoms with Crippen molar-refractivity contribution in [3.05, 3.63) is 48.0 Å². The van der Waals surface area contributed by atoms with Crippen molar-refractivity contribution in [2.24, 2.45) is 0 Å². The van der Waals surface area contributed by atoms with E-state index in [0.29, 0.717) is 18.8 Å². The Balaban J connectivity index is 1.80. The second kappa shape index (κ2) is 15.7. The van der Waals surface area contributed by atoms with E-state index in [2.05, 4.69) is 13.8 Å². The molecule has 0 aromatic heterocycles. The molecule has 0 aliphatic carbocycles. The fourth-order valence-corrected chi connectivity index (χ4v) is 3.73. The van der Waals surface area contributed by atoms with Crippen LogP contribution in [0.5, 0.6) is 11.5 Å². The van der Waals surface area contributed by atoms with Gasteiger partial charge in [-0.3, -0.25) is 0 Å². The lowest BCUT2D eigenvalue weighted by molar-refractivity contribution is 0.285. The maximum absolute atomic E-state index is 14.7. The molecule has 4 heteroatoms. The summed E-state index contributed by atoms with van der Waals surface area (Å²) in [6, 6.07) is 10.3. The van der Waals surface area contributed by atoms with E-state index in [1.807, 2.05) is 12.1 Å². The highest BCUT2D eigenvalue weighted by Crippen LogP contribution is 2.31. The van der Waals surface area contributed by atoms with E-state index < -0.39 is 11.6 Å². The largest absolute Gasteiger partial charge is 0.494 e. The van der Waals surface area contributed by atoms with E-state index in [4.69, 9.17) is 9.47 Å². The van der Waals surface area contributed by atoms with Gasteiger partial charge in [-0.15, -0.1) is 0 Å². The Bertz CT molecular complexity index is 759. The molecule has 2 aromatic rings. The number of hydrogen-bond acceptors (Lipinski definition) is 2. The number of rotatable bonds is 17. The Labute approximate surface area is 193 Å². The monoisotopic (exact) mass is 446 g/mol. The number of ether oxygens (including phenoxy) is 2. The van der Waals surface area contributed by atoms with Gasteiger partial charge in [0.05, 0.1) is 13.2 Å². The minimum Gasteiger partial charge on any atom is -0.494 e. The number of benzene rings is 2. The molecule has 0 unspecified atom stereocenters. The van der Waals surface area contributed by atoms with Crippen LogP contribution in [0.3, 0.4) is 0 Å².